The van der Waals surface area contributed by atoms with Crippen molar-refractivity contribution in [2.75, 3.05) is 6.61 Å². The highest BCUT2D eigenvalue weighted by Crippen LogP contribution is 2.26. The molecule has 0 amide bonds. The third-order valence-corrected chi connectivity index (χ3v) is 4.49. The van der Waals surface area contributed by atoms with Crippen LogP contribution in [-0.4, -0.2) is 31.5 Å². The van der Waals surface area contributed by atoms with Crippen LogP contribution in [0.4, 0.5) is 0 Å². The van der Waals surface area contributed by atoms with Gasteiger partial charge in [-0.15, -0.1) is 0 Å². The molecular weight excluding hydrogens is 292 g/mol. The van der Waals surface area contributed by atoms with Crippen LogP contribution in [0.3, 0.4) is 0 Å². The minimum atomic E-state index is -4.17. The Morgan fingerprint density at radius 3 is 2.67 bits per heavy atom. The normalized spacial score (nSPS) is 21.6. The number of ether oxygens (including phenoxy) is 2. The van der Waals surface area contributed by atoms with Crippen molar-refractivity contribution in [3.8, 4) is 0 Å². The SMILES string of the molecule is Cc1ccc(S(=O)(=O)O)c(CCC[C@@H]2COC(C)(C)O2)c1. The number of hydrogen-bond donors (Lipinski definition) is 1. The topological polar surface area (TPSA) is 72.8 Å². The highest BCUT2D eigenvalue weighted by molar-refractivity contribution is 7.85. The van der Waals surface area contributed by atoms with Gasteiger partial charge in [0.05, 0.1) is 17.6 Å². The first-order valence-electron chi connectivity index (χ1n) is 7.06. The van der Waals surface area contributed by atoms with E-state index in [9.17, 15) is 13.0 Å². The van der Waals surface area contributed by atoms with E-state index in [1.54, 1.807) is 12.1 Å². The van der Waals surface area contributed by atoms with E-state index in [0.717, 1.165) is 18.4 Å². The highest BCUT2D eigenvalue weighted by atomic mass is 32.2. The van der Waals surface area contributed by atoms with Gasteiger partial charge in [0.15, 0.2) is 5.79 Å². The molecule has 0 spiro atoms. The Kier molecular flexibility index (Phi) is 4.72. The van der Waals surface area contributed by atoms with Crippen molar-refractivity contribution in [2.45, 2.75) is 56.8 Å². The predicted octanol–water partition coefficient (Wildman–Crippen LogP) is 2.72. The Bertz CT molecular complexity index is 606. The van der Waals surface area contributed by atoms with Crippen LogP contribution in [0.1, 0.15) is 37.8 Å². The van der Waals surface area contributed by atoms with Gasteiger partial charge in [0.2, 0.25) is 0 Å². The third kappa shape index (κ3) is 4.51. The molecule has 1 aliphatic heterocycles. The first-order valence-corrected chi connectivity index (χ1v) is 8.50. The van der Waals surface area contributed by atoms with Crippen molar-refractivity contribution in [1.29, 1.82) is 0 Å². The fourth-order valence-corrected chi connectivity index (χ4v) is 3.31. The van der Waals surface area contributed by atoms with Crippen molar-refractivity contribution >= 4 is 10.1 Å². The van der Waals surface area contributed by atoms with E-state index in [0.29, 0.717) is 18.6 Å². The number of hydrogen-bond acceptors (Lipinski definition) is 4. The second-order valence-electron chi connectivity index (χ2n) is 5.93. The molecule has 0 unspecified atom stereocenters. The van der Waals surface area contributed by atoms with Gasteiger partial charge in [-0.05, 0) is 51.7 Å². The molecule has 1 saturated heterocycles. The average molecular weight is 314 g/mol. The van der Waals surface area contributed by atoms with Gasteiger partial charge < -0.3 is 9.47 Å². The molecule has 0 saturated carbocycles. The van der Waals surface area contributed by atoms with Crippen LogP contribution < -0.4 is 0 Å². The Balaban J connectivity index is 1.99. The van der Waals surface area contributed by atoms with Crippen LogP contribution in [0, 0.1) is 6.92 Å². The van der Waals surface area contributed by atoms with Crippen LogP contribution in [-0.2, 0) is 26.0 Å². The van der Waals surface area contributed by atoms with E-state index in [1.165, 1.54) is 6.07 Å². The first-order chi connectivity index (χ1) is 9.67. The molecule has 1 fully saturated rings. The molecule has 5 nitrogen and oxygen atoms in total. The van der Waals surface area contributed by atoms with Crippen molar-refractivity contribution < 1.29 is 22.4 Å². The summed E-state index contributed by atoms with van der Waals surface area (Å²) in [7, 11) is -4.17. The van der Waals surface area contributed by atoms with E-state index in [2.05, 4.69) is 0 Å². The molecule has 21 heavy (non-hydrogen) atoms. The van der Waals surface area contributed by atoms with Gasteiger partial charge in [-0.1, -0.05) is 17.7 Å². The summed E-state index contributed by atoms with van der Waals surface area (Å²) in [5, 5.41) is 0. The molecule has 6 heteroatoms. The summed E-state index contributed by atoms with van der Waals surface area (Å²) in [5.41, 5.74) is 1.62. The van der Waals surface area contributed by atoms with Crippen molar-refractivity contribution in [3.63, 3.8) is 0 Å². The lowest BCUT2D eigenvalue weighted by Gasteiger charge is -2.17. The second kappa shape index (κ2) is 6.04. The lowest BCUT2D eigenvalue weighted by Crippen LogP contribution is -2.21. The predicted molar refractivity (Wildman–Crippen MR) is 78.8 cm³/mol. The standard InChI is InChI=1S/C15H22O5S/c1-11-7-8-14(21(16,17)18)12(9-11)5-4-6-13-10-19-15(2,3)20-13/h7-9,13H,4-6,10H2,1-3H3,(H,16,17,18)/t13-/m1/s1. The largest absolute Gasteiger partial charge is 0.348 e. The Labute approximate surface area is 126 Å². The van der Waals surface area contributed by atoms with E-state index in [-0.39, 0.29) is 11.0 Å². The van der Waals surface area contributed by atoms with Crippen molar-refractivity contribution in [1.82, 2.24) is 0 Å². The minimum Gasteiger partial charge on any atom is -0.348 e. The molecular formula is C15H22O5S. The van der Waals surface area contributed by atoms with E-state index >= 15 is 0 Å². The van der Waals surface area contributed by atoms with Crippen LogP contribution in [0.5, 0.6) is 0 Å². The summed E-state index contributed by atoms with van der Waals surface area (Å²) < 4.78 is 43.2. The van der Waals surface area contributed by atoms with Gasteiger partial charge in [-0.25, -0.2) is 0 Å². The second-order valence-corrected chi connectivity index (χ2v) is 7.32. The van der Waals surface area contributed by atoms with Crippen molar-refractivity contribution in [2.24, 2.45) is 0 Å². The first kappa shape index (κ1) is 16.4. The molecule has 1 aromatic carbocycles. The molecule has 0 radical (unpaired) electrons. The molecule has 1 atom stereocenters. The van der Waals surface area contributed by atoms with Crippen LogP contribution in [0.25, 0.3) is 0 Å². The van der Waals surface area contributed by atoms with E-state index in [4.69, 9.17) is 9.47 Å². The maximum absolute atomic E-state index is 11.4. The zero-order valence-corrected chi connectivity index (χ0v) is 13.4. The molecule has 0 aromatic heterocycles. The molecule has 1 aliphatic rings. The lowest BCUT2D eigenvalue weighted by molar-refractivity contribution is -0.139. The summed E-state index contributed by atoms with van der Waals surface area (Å²) in [6.07, 6.45) is 2.19. The molecule has 0 aliphatic carbocycles. The Morgan fingerprint density at radius 2 is 2.10 bits per heavy atom. The zero-order valence-electron chi connectivity index (χ0n) is 12.6. The van der Waals surface area contributed by atoms with E-state index < -0.39 is 15.9 Å². The fourth-order valence-electron chi connectivity index (χ4n) is 2.58. The number of benzene rings is 1. The summed E-state index contributed by atoms with van der Waals surface area (Å²) in [6, 6.07) is 4.94. The van der Waals surface area contributed by atoms with Gasteiger partial charge in [0, 0.05) is 0 Å². The Morgan fingerprint density at radius 1 is 1.38 bits per heavy atom. The van der Waals surface area contributed by atoms with Crippen LogP contribution in [0.2, 0.25) is 0 Å². The van der Waals surface area contributed by atoms with Crippen LogP contribution in [0.15, 0.2) is 23.1 Å². The zero-order chi connectivity index (χ0) is 15.7. The maximum Gasteiger partial charge on any atom is 0.294 e. The van der Waals surface area contributed by atoms with Gasteiger partial charge >= 0.3 is 0 Å². The van der Waals surface area contributed by atoms with Crippen LogP contribution >= 0.6 is 0 Å². The van der Waals surface area contributed by atoms with Gasteiger partial charge in [-0.2, -0.15) is 8.42 Å². The average Bonchev–Trinajstić information content (AvgIpc) is 2.67. The fraction of sp³-hybridized carbons (Fsp3) is 0.600. The summed E-state index contributed by atoms with van der Waals surface area (Å²) in [4.78, 5) is -0.00276. The summed E-state index contributed by atoms with van der Waals surface area (Å²) in [5.74, 6) is -0.534. The van der Waals surface area contributed by atoms with Crippen molar-refractivity contribution in [3.05, 3.63) is 29.3 Å². The monoisotopic (exact) mass is 314 g/mol. The highest BCUT2D eigenvalue weighted by Gasteiger charge is 2.32. The quantitative estimate of drug-likeness (QED) is 0.846. The maximum atomic E-state index is 11.4. The number of aryl methyl sites for hydroxylation is 2. The Hall–Kier alpha value is -0.950. The third-order valence-electron chi connectivity index (χ3n) is 3.53. The summed E-state index contributed by atoms with van der Waals surface area (Å²) in [6.45, 7) is 6.22. The number of rotatable bonds is 5. The lowest BCUT2D eigenvalue weighted by atomic mass is 10.0. The molecule has 1 aromatic rings. The molecule has 1 heterocycles. The molecule has 2 rings (SSSR count). The minimum absolute atomic E-state index is 0.00276. The molecule has 118 valence electrons. The van der Waals surface area contributed by atoms with Gasteiger partial charge in [0.1, 0.15) is 0 Å². The molecule has 1 N–H and O–H groups in total. The smallest absolute Gasteiger partial charge is 0.294 e. The summed E-state index contributed by atoms with van der Waals surface area (Å²) >= 11 is 0. The molecule has 0 bridgehead atoms. The van der Waals surface area contributed by atoms with Gasteiger partial charge in [0.25, 0.3) is 10.1 Å². The van der Waals surface area contributed by atoms with E-state index in [1.807, 2.05) is 20.8 Å². The van der Waals surface area contributed by atoms with Gasteiger partial charge in [-0.3, -0.25) is 4.55 Å².